The molecule has 0 radical (unpaired) electrons. The van der Waals surface area contributed by atoms with Gasteiger partial charge in [0.15, 0.2) is 11.5 Å². The molecule has 1 amide bonds. The van der Waals surface area contributed by atoms with Crippen molar-refractivity contribution in [2.24, 2.45) is 0 Å². The number of carbonyl (C=O) groups is 1. The van der Waals surface area contributed by atoms with Crippen LogP contribution in [0.3, 0.4) is 0 Å². The van der Waals surface area contributed by atoms with Crippen LogP contribution in [0.1, 0.15) is 23.5 Å². The van der Waals surface area contributed by atoms with Crippen molar-refractivity contribution in [2.45, 2.75) is 18.9 Å². The van der Waals surface area contributed by atoms with Gasteiger partial charge in [0, 0.05) is 57.1 Å². The Morgan fingerprint density at radius 2 is 1.71 bits per heavy atom. The molecule has 3 aliphatic heterocycles. The normalized spacial score (nSPS) is 20.8. The standard InChI is InChI=1S/C23H30N8O3/c32-23(31-3-1-17(2-4-31)29-5-9-33-10-6-29)22-27-20-19(30-7-11-34-12-8-30)13-18(26-21(20)28-22)16-14-24-25-15-16/h13-15,17H,1-12H2,(H,24,25)(H,26,27,28). The summed E-state index contributed by atoms with van der Waals surface area (Å²) in [5, 5.41) is 6.91. The zero-order valence-corrected chi connectivity index (χ0v) is 19.2. The molecule has 6 heterocycles. The molecule has 34 heavy (non-hydrogen) atoms. The number of H-pyrrole nitrogens is 2. The van der Waals surface area contributed by atoms with Crippen LogP contribution >= 0.6 is 0 Å². The fourth-order valence-corrected chi connectivity index (χ4v) is 5.19. The molecule has 2 N–H and O–H groups in total. The number of hydrogen-bond acceptors (Lipinski definition) is 8. The van der Waals surface area contributed by atoms with E-state index in [4.69, 9.17) is 19.4 Å². The molecule has 0 aromatic carbocycles. The number of hydrogen-bond donors (Lipinski definition) is 2. The molecule has 0 atom stereocenters. The van der Waals surface area contributed by atoms with Gasteiger partial charge in [0.25, 0.3) is 5.91 Å². The van der Waals surface area contributed by atoms with Crippen molar-refractivity contribution in [2.75, 3.05) is 70.6 Å². The SMILES string of the molecule is O=C(c1nc2c(N3CCOCC3)cc(-c3cn[nH]c3)nc2[nH]1)N1CCC(N2CCOCC2)CC1. The van der Waals surface area contributed by atoms with Gasteiger partial charge < -0.3 is 24.3 Å². The van der Waals surface area contributed by atoms with Crippen molar-refractivity contribution in [3.8, 4) is 11.3 Å². The second kappa shape index (κ2) is 9.32. The summed E-state index contributed by atoms with van der Waals surface area (Å²) in [5.74, 6) is 0.294. The molecule has 0 aliphatic carbocycles. The van der Waals surface area contributed by atoms with Gasteiger partial charge >= 0.3 is 0 Å². The minimum atomic E-state index is -0.0591. The van der Waals surface area contributed by atoms with Crippen LogP contribution in [0, 0.1) is 0 Å². The molecule has 180 valence electrons. The first-order valence-electron chi connectivity index (χ1n) is 12.1. The van der Waals surface area contributed by atoms with Crippen molar-refractivity contribution in [1.82, 2.24) is 34.9 Å². The second-order valence-corrected chi connectivity index (χ2v) is 9.07. The first-order chi connectivity index (χ1) is 16.8. The van der Waals surface area contributed by atoms with E-state index in [1.54, 1.807) is 6.20 Å². The lowest BCUT2D eigenvalue weighted by atomic mass is 10.0. The number of rotatable bonds is 4. The molecule has 0 unspecified atom stereocenters. The maximum atomic E-state index is 13.4. The molecule has 11 nitrogen and oxygen atoms in total. The lowest BCUT2D eigenvalue weighted by Crippen LogP contribution is -2.50. The highest BCUT2D eigenvalue weighted by molar-refractivity contribution is 5.97. The van der Waals surface area contributed by atoms with Crippen molar-refractivity contribution < 1.29 is 14.3 Å². The number of carbonyl (C=O) groups excluding carboxylic acids is 1. The third-order valence-corrected chi connectivity index (χ3v) is 7.10. The van der Waals surface area contributed by atoms with Crippen molar-refractivity contribution >= 4 is 22.8 Å². The van der Waals surface area contributed by atoms with Crippen LogP contribution in [0.25, 0.3) is 22.4 Å². The van der Waals surface area contributed by atoms with E-state index in [0.717, 1.165) is 87.8 Å². The molecular weight excluding hydrogens is 436 g/mol. The third kappa shape index (κ3) is 4.15. The number of nitrogens with zero attached hydrogens (tertiary/aromatic N) is 6. The predicted molar refractivity (Wildman–Crippen MR) is 126 cm³/mol. The molecule has 3 saturated heterocycles. The van der Waals surface area contributed by atoms with Crippen LogP contribution in [0.5, 0.6) is 0 Å². The van der Waals surface area contributed by atoms with Gasteiger partial charge in [-0.1, -0.05) is 0 Å². The summed E-state index contributed by atoms with van der Waals surface area (Å²) in [5.41, 5.74) is 3.99. The molecule has 3 aromatic rings. The molecule has 3 aromatic heterocycles. The number of pyridine rings is 1. The largest absolute Gasteiger partial charge is 0.379 e. The van der Waals surface area contributed by atoms with E-state index < -0.39 is 0 Å². The molecule has 3 aliphatic rings. The first-order valence-corrected chi connectivity index (χ1v) is 12.1. The Hall–Kier alpha value is -3.02. The summed E-state index contributed by atoms with van der Waals surface area (Å²) >= 11 is 0. The van der Waals surface area contributed by atoms with E-state index in [2.05, 4.69) is 25.0 Å². The molecule has 0 bridgehead atoms. The molecule has 0 saturated carbocycles. The highest BCUT2D eigenvalue weighted by Crippen LogP contribution is 2.30. The number of ether oxygens (including phenoxy) is 2. The minimum absolute atomic E-state index is 0.0591. The Bertz CT molecular complexity index is 1130. The third-order valence-electron chi connectivity index (χ3n) is 7.10. The van der Waals surface area contributed by atoms with Crippen LogP contribution in [-0.4, -0.2) is 113 Å². The Morgan fingerprint density at radius 1 is 0.971 bits per heavy atom. The van der Waals surface area contributed by atoms with Crippen LogP contribution in [-0.2, 0) is 9.47 Å². The molecule has 0 spiro atoms. The number of likely N-dealkylation sites (tertiary alicyclic amines) is 1. The van der Waals surface area contributed by atoms with Crippen LogP contribution < -0.4 is 4.90 Å². The monoisotopic (exact) mass is 466 g/mol. The zero-order valence-electron chi connectivity index (χ0n) is 19.2. The lowest BCUT2D eigenvalue weighted by Gasteiger charge is -2.39. The van der Waals surface area contributed by atoms with E-state index >= 15 is 0 Å². The number of fused-ring (bicyclic) bond motifs is 1. The fourth-order valence-electron chi connectivity index (χ4n) is 5.19. The number of nitrogens with one attached hydrogen (secondary N) is 2. The number of aromatic nitrogens is 5. The average molecular weight is 467 g/mol. The molecule has 11 heteroatoms. The quantitative estimate of drug-likeness (QED) is 0.588. The van der Waals surface area contributed by atoms with Crippen molar-refractivity contribution in [3.05, 3.63) is 24.3 Å². The molecular formula is C23H30N8O3. The fraction of sp³-hybridized carbons (Fsp3) is 0.565. The lowest BCUT2D eigenvalue weighted by molar-refractivity contribution is 0.00147. The minimum Gasteiger partial charge on any atom is -0.379 e. The van der Waals surface area contributed by atoms with Crippen LogP contribution in [0.15, 0.2) is 18.5 Å². The second-order valence-electron chi connectivity index (χ2n) is 9.07. The Balaban J connectivity index is 1.25. The van der Waals surface area contributed by atoms with E-state index in [1.165, 1.54) is 0 Å². The Labute approximate surface area is 197 Å². The summed E-state index contributed by atoms with van der Waals surface area (Å²) < 4.78 is 11.0. The van der Waals surface area contributed by atoms with Gasteiger partial charge in [0.05, 0.1) is 44.0 Å². The Morgan fingerprint density at radius 3 is 2.41 bits per heavy atom. The summed E-state index contributed by atoms with van der Waals surface area (Å²) in [6.45, 7) is 7.93. The highest BCUT2D eigenvalue weighted by atomic mass is 16.5. The van der Waals surface area contributed by atoms with Crippen molar-refractivity contribution in [3.63, 3.8) is 0 Å². The number of morpholine rings is 2. The smallest absolute Gasteiger partial charge is 0.289 e. The Kier molecular flexibility index (Phi) is 5.90. The number of aromatic amines is 2. The van der Waals surface area contributed by atoms with E-state index in [1.807, 2.05) is 17.2 Å². The number of imidazole rings is 1. The average Bonchev–Trinajstić information content (AvgIpc) is 3.59. The number of amides is 1. The zero-order chi connectivity index (χ0) is 22.9. The highest BCUT2D eigenvalue weighted by Gasteiger charge is 2.30. The van der Waals surface area contributed by atoms with Crippen LogP contribution in [0.2, 0.25) is 0 Å². The first kappa shape index (κ1) is 21.5. The summed E-state index contributed by atoms with van der Waals surface area (Å²) in [7, 11) is 0. The topological polar surface area (TPSA) is 116 Å². The van der Waals surface area contributed by atoms with E-state index in [0.29, 0.717) is 30.7 Å². The van der Waals surface area contributed by atoms with Gasteiger partial charge in [-0.3, -0.25) is 14.8 Å². The van der Waals surface area contributed by atoms with Gasteiger partial charge in [-0.2, -0.15) is 5.10 Å². The van der Waals surface area contributed by atoms with Gasteiger partial charge in [0.2, 0.25) is 0 Å². The number of anilines is 1. The molecule has 6 rings (SSSR count). The van der Waals surface area contributed by atoms with E-state index in [-0.39, 0.29) is 5.91 Å². The maximum Gasteiger partial charge on any atom is 0.289 e. The van der Waals surface area contributed by atoms with Gasteiger partial charge in [-0.15, -0.1) is 0 Å². The maximum absolute atomic E-state index is 13.4. The van der Waals surface area contributed by atoms with Crippen molar-refractivity contribution in [1.29, 1.82) is 0 Å². The summed E-state index contributed by atoms with van der Waals surface area (Å²) in [6.07, 6.45) is 5.53. The van der Waals surface area contributed by atoms with Gasteiger partial charge in [-0.05, 0) is 18.9 Å². The summed E-state index contributed by atoms with van der Waals surface area (Å²) in [4.78, 5) is 32.8. The number of piperidine rings is 1. The summed E-state index contributed by atoms with van der Waals surface area (Å²) in [6, 6.07) is 2.55. The van der Waals surface area contributed by atoms with Crippen LogP contribution in [0.4, 0.5) is 5.69 Å². The molecule has 3 fully saturated rings. The predicted octanol–water partition coefficient (Wildman–Crippen LogP) is 1.12. The van der Waals surface area contributed by atoms with Gasteiger partial charge in [0.1, 0.15) is 5.52 Å². The van der Waals surface area contributed by atoms with Gasteiger partial charge in [-0.25, -0.2) is 9.97 Å². The van der Waals surface area contributed by atoms with E-state index in [9.17, 15) is 4.79 Å².